The Balaban J connectivity index is 1.88. The first-order valence-corrected chi connectivity index (χ1v) is 6.04. The van der Waals surface area contributed by atoms with Gasteiger partial charge in [0, 0.05) is 18.7 Å². The lowest BCUT2D eigenvalue weighted by atomic mass is 10.2. The van der Waals surface area contributed by atoms with Crippen molar-refractivity contribution >= 4 is 0 Å². The standard InChI is InChI=1S/C13H19NO3/c1-2-15-12-6-4-3-5-11(12)10-17-13-9-14-7-8-16-13/h3-6,13-14H,2,7-10H2,1H3. The van der Waals surface area contributed by atoms with E-state index in [4.69, 9.17) is 14.2 Å². The molecular formula is C13H19NO3. The Labute approximate surface area is 102 Å². The lowest BCUT2D eigenvalue weighted by Gasteiger charge is -2.24. The number of para-hydroxylation sites is 1. The van der Waals surface area contributed by atoms with Crippen LogP contribution >= 0.6 is 0 Å². The summed E-state index contributed by atoms with van der Waals surface area (Å²) in [5, 5.41) is 3.23. The number of hydrogen-bond acceptors (Lipinski definition) is 4. The van der Waals surface area contributed by atoms with Gasteiger partial charge in [-0.25, -0.2) is 0 Å². The van der Waals surface area contributed by atoms with Gasteiger partial charge in [-0.3, -0.25) is 0 Å². The molecule has 1 fully saturated rings. The van der Waals surface area contributed by atoms with Crippen LogP contribution in [0.3, 0.4) is 0 Å². The molecule has 4 heteroatoms. The monoisotopic (exact) mass is 237 g/mol. The van der Waals surface area contributed by atoms with Gasteiger partial charge in [0.2, 0.25) is 0 Å². The molecule has 0 radical (unpaired) electrons. The number of benzene rings is 1. The molecule has 1 N–H and O–H groups in total. The van der Waals surface area contributed by atoms with Crippen LogP contribution in [0.2, 0.25) is 0 Å². The molecule has 1 aromatic rings. The van der Waals surface area contributed by atoms with Crippen molar-refractivity contribution in [2.45, 2.75) is 19.8 Å². The first-order valence-electron chi connectivity index (χ1n) is 6.04. The van der Waals surface area contributed by atoms with Crippen molar-refractivity contribution in [3.05, 3.63) is 29.8 Å². The molecule has 94 valence electrons. The lowest BCUT2D eigenvalue weighted by molar-refractivity contribution is -0.159. The highest BCUT2D eigenvalue weighted by Gasteiger charge is 2.14. The molecule has 0 saturated carbocycles. The summed E-state index contributed by atoms with van der Waals surface area (Å²) in [6, 6.07) is 7.93. The maximum absolute atomic E-state index is 5.69. The van der Waals surface area contributed by atoms with Gasteiger partial charge in [-0.05, 0) is 13.0 Å². The molecule has 0 aliphatic carbocycles. The molecule has 1 heterocycles. The number of morpholine rings is 1. The van der Waals surface area contributed by atoms with E-state index in [0.29, 0.717) is 19.8 Å². The van der Waals surface area contributed by atoms with E-state index in [-0.39, 0.29) is 6.29 Å². The second-order valence-corrected chi connectivity index (χ2v) is 3.86. The molecule has 1 aliphatic rings. The number of nitrogens with one attached hydrogen (secondary N) is 1. The molecule has 1 unspecified atom stereocenters. The van der Waals surface area contributed by atoms with Crippen molar-refractivity contribution in [2.24, 2.45) is 0 Å². The van der Waals surface area contributed by atoms with Crippen molar-refractivity contribution in [3.63, 3.8) is 0 Å². The Hall–Kier alpha value is -1.10. The van der Waals surface area contributed by atoms with Gasteiger partial charge in [0.25, 0.3) is 0 Å². The van der Waals surface area contributed by atoms with Crippen molar-refractivity contribution < 1.29 is 14.2 Å². The Kier molecular flexibility index (Phi) is 4.79. The quantitative estimate of drug-likeness (QED) is 0.843. The van der Waals surface area contributed by atoms with E-state index in [1.54, 1.807) is 0 Å². The second kappa shape index (κ2) is 6.59. The maximum atomic E-state index is 5.69. The van der Waals surface area contributed by atoms with E-state index >= 15 is 0 Å². The molecule has 1 atom stereocenters. The SMILES string of the molecule is CCOc1ccccc1COC1CNCCO1. The zero-order valence-corrected chi connectivity index (χ0v) is 10.1. The Morgan fingerprint density at radius 3 is 3.06 bits per heavy atom. The largest absolute Gasteiger partial charge is 0.494 e. The van der Waals surface area contributed by atoms with E-state index in [0.717, 1.165) is 24.4 Å². The molecule has 0 aromatic heterocycles. The molecule has 17 heavy (non-hydrogen) atoms. The van der Waals surface area contributed by atoms with E-state index in [2.05, 4.69) is 5.32 Å². The molecule has 1 saturated heterocycles. The first-order chi connectivity index (χ1) is 8.40. The van der Waals surface area contributed by atoms with Crippen LogP contribution in [-0.2, 0) is 16.1 Å². The van der Waals surface area contributed by atoms with Crippen molar-refractivity contribution in [1.82, 2.24) is 5.32 Å². The van der Waals surface area contributed by atoms with E-state index < -0.39 is 0 Å². The molecule has 1 aromatic carbocycles. The van der Waals surface area contributed by atoms with Crippen LogP contribution < -0.4 is 10.1 Å². The van der Waals surface area contributed by atoms with Crippen molar-refractivity contribution in [1.29, 1.82) is 0 Å². The molecule has 1 aliphatic heterocycles. The van der Waals surface area contributed by atoms with Gasteiger partial charge in [-0.1, -0.05) is 18.2 Å². The molecule has 4 nitrogen and oxygen atoms in total. The smallest absolute Gasteiger partial charge is 0.170 e. The van der Waals surface area contributed by atoms with Crippen LogP contribution in [0.1, 0.15) is 12.5 Å². The fourth-order valence-electron chi connectivity index (χ4n) is 1.75. The topological polar surface area (TPSA) is 39.7 Å². The fourth-order valence-corrected chi connectivity index (χ4v) is 1.75. The van der Waals surface area contributed by atoms with Gasteiger partial charge in [0.05, 0.1) is 19.8 Å². The van der Waals surface area contributed by atoms with Crippen molar-refractivity contribution in [3.8, 4) is 5.75 Å². The van der Waals surface area contributed by atoms with Gasteiger partial charge in [-0.2, -0.15) is 0 Å². The summed E-state index contributed by atoms with van der Waals surface area (Å²) in [4.78, 5) is 0. The summed E-state index contributed by atoms with van der Waals surface area (Å²) >= 11 is 0. The zero-order chi connectivity index (χ0) is 11.9. The average molecular weight is 237 g/mol. The van der Waals surface area contributed by atoms with Crippen LogP contribution in [0.4, 0.5) is 0 Å². The minimum absolute atomic E-state index is 0.154. The van der Waals surface area contributed by atoms with Crippen LogP contribution in [0.15, 0.2) is 24.3 Å². The third-order valence-corrected chi connectivity index (χ3v) is 2.59. The Morgan fingerprint density at radius 1 is 1.41 bits per heavy atom. The molecule has 0 amide bonds. The summed E-state index contributed by atoms with van der Waals surface area (Å²) in [6.45, 7) is 5.51. The van der Waals surface area contributed by atoms with Crippen LogP contribution in [0, 0.1) is 0 Å². The maximum Gasteiger partial charge on any atom is 0.170 e. The molecule has 2 rings (SSSR count). The Bertz CT molecular complexity index is 337. The first kappa shape index (κ1) is 12.4. The summed E-state index contributed by atoms with van der Waals surface area (Å²) in [6.07, 6.45) is -0.154. The zero-order valence-electron chi connectivity index (χ0n) is 10.1. The number of rotatable bonds is 5. The number of hydrogen-bond donors (Lipinski definition) is 1. The van der Waals surface area contributed by atoms with Crippen molar-refractivity contribution in [2.75, 3.05) is 26.3 Å². The second-order valence-electron chi connectivity index (χ2n) is 3.86. The molecule has 0 spiro atoms. The summed E-state index contributed by atoms with van der Waals surface area (Å²) in [5.41, 5.74) is 1.06. The highest BCUT2D eigenvalue weighted by molar-refractivity contribution is 5.32. The van der Waals surface area contributed by atoms with Crippen LogP contribution in [0.25, 0.3) is 0 Å². The van der Waals surface area contributed by atoms with Crippen LogP contribution in [-0.4, -0.2) is 32.6 Å². The third-order valence-electron chi connectivity index (χ3n) is 2.59. The summed E-state index contributed by atoms with van der Waals surface area (Å²) < 4.78 is 16.7. The highest BCUT2D eigenvalue weighted by atomic mass is 16.7. The summed E-state index contributed by atoms with van der Waals surface area (Å²) in [5.74, 6) is 0.888. The normalized spacial score (nSPS) is 20.2. The van der Waals surface area contributed by atoms with E-state index in [9.17, 15) is 0 Å². The number of ether oxygens (including phenoxy) is 3. The molecule has 0 bridgehead atoms. The van der Waals surface area contributed by atoms with E-state index in [1.807, 2.05) is 31.2 Å². The minimum atomic E-state index is -0.154. The predicted molar refractivity (Wildman–Crippen MR) is 65.0 cm³/mol. The summed E-state index contributed by atoms with van der Waals surface area (Å²) in [7, 11) is 0. The average Bonchev–Trinajstić information content (AvgIpc) is 2.39. The Morgan fingerprint density at radius 2 is 2.29 bits per heavy atom. The molecular weight excluding hydrogens is 218 g/mol. The lowest BCUT2D eigenvalue weighted by Crippen LogP contribution is -2.39. The minimum Gasteiger partial charge on any atom is -0.494 e. The van der Waals surface area contributed by atoms with Crippen LogP contribution in [0.5, 0.6) is 5.75 Å². The van der Waals surface area contributed by atoms with Gasteiger partial charge in [0.15, 0.2) is 6.29 Å². The van der Waals surface area contributed by atoms with Gasteiger partial charge in [-0.15, -0.1) is 0 Å². The fraction of sp³-hybridized carbons (Fsp3) is 0.538. The van der Waals surface area contributed by atoms with Gasteiger partial charge >= 0.3 is 0 Å². The van der Waals surface area contributed by atoms with Gasteiger partial charge in [0.1, 0.15) is 5.75 Å². The predicted octanol–water partition coefficient (Wildman–Crippen LogP) is 1.55. The third kappa shape index (κ3) is 3.70. The highest BCUT2D eigenvalue weighted by Crippen LogP contribution is 2.19. The van der Waals surface area contributed by atoms with Gasteiger partial charge < -0.3 is 19.5 Å². The van der Waals surface area contributed by atoms with E-state index in [1.165, 1.54) is 0 Å².